The number of anilines is 1. The van der Waals surface area contributed by atoms with Crippen LogP contribution in [0.5, 0.6) is 17.2 Å². The van der Waals surface area contributed by atoms with Crippen LogP contribution in [0.2, 0.25) is 15.1 Å². The fraction of sp³-hybridized carbons (Fsp3) is 0.479. The number of methoxy groups -OCH3 is 3. The van der Waals surface area contributed by atoms with E-state index >= 15 is 0 Å². The number of carbonyl (C=O) groups is 4. The van der Waals surface area contributed by atoms with Crippen LogP contribution >= 0.6 is 71.0 Å². The lowest BCUT2D eigenvalue weighted by molar-refractivity contribution is -0.159. The van der Waals surface area contributed by atoms with Crippen LogP contribution in [0.15, 0.2) is 64.6 Å². The molecule has 0 aliphatic rings. The Kier molecular flexibility index (Phi) is 34.5. The number of aliphatic imine (C=N–C) groups is 2. The maximum atomic E-state index is 12.4. The van der Waals surface area contributed by atoms with Gasteiger partial charge in [0.25, 0.3) is 0 Å². The first-order valence-corrected chi connectivity index (χ1v) is 25.1. The number of esters is 4. The molecule has 0 aliphatic carbocycles. The molecular weight excluding hydrogens is 1050 g/mol. The van der Waals surface area contributed by atoms with Gasteiger partial charge in [0.05, 0.1) is 73.5 Å². The van der Waals surface area contributed by atoms with Crippen LogP contribution in [0.1, 0.15) is 41.5 Å². The van der Waals surface area contributed by atoms with Crippen molar-refractivity contribution in [2.24, 2.45) is 21.8 Å². The number of thioether (sulfide) groups is 1. The highest BCUT2D eigenvalue weighted by atomic mass is 35.5. The zero-order chi connectivity index (χ0) is 53.1. The molecule has 17 nitrogen and oxygen atoms in total. The van der Waals surface area contributed by atoms with Gasteiger partial charge in [0.1, 0.15) is 57.1 Å². The van der Waals surface area contributed by atoms with Crippen LogP contribution in [0.4, 0.5) is 17.1 Å². The van der Waals surface area contributed by atoms with E-state index in [1.165, 1.54) is 11.8 Å². The Morgan fingerprint density at radius 1 is 0.592 bits per heavy atom. The highest BCUT2D eigenvalue weighted by Gasteiger charge is 2.38. The molecule has 0 unspecified atom stereocenters. The van der Waals surface area contributed by atoms with Crippen LogP contribution < -0.4 is 19.1 Å². The van der Waals surface area contributed by atoms with Gasteiger partial charge in [-0.25, -0.2) is 4.99 Å². The van der Waals surface area contributed by atoms with Crippen molar-refractivity contribution in [1.29, 1.82) is 0 Å². The first-order chi connectivity index (χ1) is 34.2. The molecule has 392 valence electrons. The fourth-order valence-electron chi connectivity index (χ4n) is 5.51. The summed E-state index contributed by atoms with van der Waals surface area (Å²) in [6.07, 6.45) is 0. The number of benzene rings is 3. The Morgan fingerprint density at radius 2 is 0.986 bits per heavy atom. The molecular formula is C48H62Cl3N3O14S3. The van der Waals surface area contributed by atoms with Crippen LogP contribution in [-0.2, 0) is 52.3 Å². The Labute approximate surface area is 446 Å². The molecule has 0 aromatic heterocycles. The summed E-state index contributed by atoms with van der Waals surface area (Å²) in [6, 6.07) is 15.6. The second-order valence-electron chi connectivity index (χ2n) is 13.3. The number of ether oxygens (including phenoxy) is 10. The number of thiocarbonyl (C=S) groups is 2. The van der Waals surface area contributed by atoms with Crippen molar-refractivity contribution >= 4 is 127 Å². The minimum absolute atomic E-state index is 0.0512. The smallest absolute Gasteiger partial charge is 0.327 e. The van der Waals surface area contributed by atoms with Crippen molar-refractivity contribution in [3.8, 4) is 17.2 Å². The number of nitrogens with zero attached hydrogens (tertiary/aromatic N) is 3. The van der Waals surface area contributed by atoms with Crippen molar-refractivity contribution in [3.63, 3.8) is 0 Å². The third kappa shape index (κ3) is 22.4. The van der Waals surface area contributed by atoms with Gasteiger partial charge in [-0.3, -0.25) is 19.2 Å². The maximum absolute atomic E-state index is 12.4. The monoisotopic (exact) mass is 1110 g/mol. The summed E-state index contributed by atoms with van der Waals surface area (Å²) in [6.45, 7) is 13.7. The molecule has 0 N–H and O–H groups in total. The molecule has 3 aromatic rings. The summed E-state index contributed by atoms with van der Waals surface area (Å²) in [5, 5.41) is 3.55. The molecule has 0 atom stereocenters. The van der Waals surface area contributed by atoms with Crippen molar-refractivity contribution in [2.45, 2.75) is 41.5 Å². The lowest BCUT2D eigenvalue weighted by Gasteiger charge is -2.28. The van der Waals surface area contributed by atoms with Gasteiger partial charge in [-0.05, 0) is 89.0 Å². The average molecular weight is 1110 g/mol. The van der Waals surface area contributed by atoms with Crippen molar-refractivity contribution < 1.29 is 66.5 Å². The van der Waals surface area contributed by atoms with E-state index in [1.54, 1.807) is 109 Å². The highest BCUT2D eigenvalue weighted by molar-refractivity contribution is 8.14. The number of hydrogen-bond acceptors (Lipinski definition) is 19. The van der Waals surface area contributed by atoms with Crippen molar-refractivity contribution in [3.05, 3.63) is 69.7 Å². The predicted octanol–water partition coefficient (Wildman–Crippen LogP) is 10.3. The zero-order valence-electron chi connectivity index (χ0n) is 41.3. The number of carbonyl (C=O) groups excluding carboxylic acids is 4. The summed E-state index contributed by atoms with van der Waals surface area (Å²) in [4.78, 5) is 59.5. The van der Waals surface area contributed by atoms with E-state index < -0.39 is 35.7 Å². The number of halogens is 3. The SMILES string of the molecule is CCOC(=O)C(C(=O)OCC)C(=Nc1cccc(OCCOC)c1Cl)SCC.CCOC(=O)C(C(=O)OCC)C(=S)N(CC)c1cccc(OCCOC)c1Cl.COCCOc1cccc(N=C=S)c1Cl. The second-order valence-corrected chi connectivity index (χ2v) is 16.4. The summed E-state index contributed by atoms with van der Waals surface area (Å²) in [5.74, 6) is -3.50. The zero-order valence-corrected chi connectivity index (χ0v) is 46.0. The lowest BCUT2D eigenvalue weighted by atomic mass is 10.1. The summed E-state index contributed by atoms with van der Waals surface area (Å²) >= 11 is 30.1. The molecule has 0 saturated carbocycles. The van der Waals surface area contributed by atoms with Gasteiger partial charge >= 0.3 is 23.9 Å². The van der Waals surface area contributed by atoms with Crippen LogP contribution in [-0.4, -0.2) is 139 Å². The topological polar surface area (TPSA) is 189 Å². The predicted molar refractivity (Wildman–Crippen MR) is 286 cm³/mol. The average Bonchev–Trinajstić information content (AvgIpc) is 3.34. The van der Waals surface area contributed by atoms with Gasteiger partial charge in [-0.1, -0.05) is 72.1 Å². The number of rotatable bonds is 27. The van der Waals surface area contributed by atoms with Gasteiger partial charge in [-0.2, -0.15) is 4.99 Å². The van der Waals surface area contributed by atoms with E-state index in [9.17, 15) is 19.2 Å². The van der Waals surface area contributed by atoms with Gasteiger partial charge in [-0.15, -0.1) is 11.8 Å². The largest absolute Gasteiger partial charge is 0.490 e. The molecule has 0 radical (unpaired) electrons. The molecule has 3 rings (SSSR count). The van der Waals surface area contributed by atoms with E-state index in [1.807, 2.05) is 13.8 Å². The molecule has 0 spiro atoms. The first kappa shape index (κ1) is 64.4. The van der Waals surface area contributed by atoms with Crippen LogP contribution in [0.25, 0.3) is 0 Å². The molecule has 3 aromatic carbocycles. The van der Waals surface area contributed by atoms with Crippen molar-refractivity contribution in [2.75, 3.05) is 105 Å². The minimum atomic E-state index is -1.36. The summed E-state index contributed by atoms with van der Waals surface area (Å²) in [5.41, 5.74) is 1.45. The third-order valence-corrected chi connectivity index (χ3v) is 11.2. The quantitative estimate of drug-likeness (QED) is 0.0133. The molecule has 0 heterocycles. The van der Waals surface area contributed by atoms with E-state index in [4.69, 9.17) is 94.4 Å². The Hall–Kier alpha value is -4.60. The molecule has 71 heavy (non-hydrogen) atoms. The molecule has 0 saturated heterocycles. The lowest BCUT2D eigenvalue weighted by Crippen LogP contribution is -2.43. The Bertz CT molecular complexity index is 2180. The first-order valence-electron chi connectivity index (χ1n) is 22.2. The maximum Gasteiger partial charge on any atom is 0.327 e. The molecule has 23 heteroatoms. The molecule has 0 fully saturated rings. The van der Waals surface area contributed by atoms with Gasteiger partial charge in [0.15, 0.2) is 0 Å². The third-order valence-electron chi connectivity index (χ3n) is 8.61. The van der Waals surface area contributed by atoms with Crippen molar-refractivity contribution in [1.82, 2.24) is 0 Å². The van der Waals surface area contributed by atoms with Gasteiger partial charge in [0.2, 0.25) is 11.8 Å². The molecule has 0 bridgehead atoms. The van der Waals surface area contributed by atoms with E-state index in [2.05, 4.69) is 27.4 Å². The van der Waals surface area contributed by atoms with Gasteiger partial charge in [0, 0.05) is 27.9 Å². The second kappa shape index (κ2) is 38.1. The Balaban J connectivity index is 0.000000557. The van der Waals surface area contributed by atoms with Crippen LogP contribution in [0, 0.1) is 11.8 Å². The standard InChI is InChI=1S/2C19H26ClNO6S.C10H10ClNO2S/c1-5-25-18(22)15(19(23)26-6-2)17(28-7-3)21-13-9-8-10-14(16(13)20)27-12-11-24-4;1-5-21(13-9-8-10-14(16(13)20)27-12-11-24-4)17(28)15(18(22)25-6-2)19(23)26-7-3;1-13-5-6-14-9-4-2-3-8(10(9)11)12-7-15/h2*8-10,15H,5-7,11-12H2,1-4H3;2-4H,5-6H2,1H3. The number of isothiocyanates is 1. The summed E-state index contributed by atoms with van der Waals surface area (Å²) in [7, 11) is 4.76. The fourth-order valence-corrected chi connectivity index (χ4v) is 7.58. The molecule has 0 aliphatic heterocycles. The highest BCUT2D eigenvalue weighted by Crippen LogP contribution is 2.37. The molecule has 0 amide bonds. The van der Waals surface area contributed by atoms with Gasteiger partial charge < -0.3 is 52.3 Å². The summed E-state index contributed by atoms with van der Waals surface area (Å²) < 4.78 is 51.5. The number of hydrogen-bond donors (Lipinski definition) is 0. The normalized spacial score (nSPS) is 10.6. The van der Waals surface area contributed by atoms with E-state index in [0.717, 1.165) is 0 Å². The minimum Gasteiger partial charge on any atom is -0.490 e. The van der Waals surface area contributed by atoms with E-state index in [-0.39, 0.29) is 41.5 Å². The van der Waals surface area contributed by atoms with Crippen LogP contribution in [0.3, 0.4) is 0 Å². The van der Waals surface area contributed by atoms with E-state index in [0.29, 0.717) is 96.3 Å². The Morgan fingerprint density at radius 3 is 1.38 bits per heavy atom.